The molecule has 1 aliphatic rings. The zero-order valence-corrected chi connectivity index (χ0v) is 9.16. The van der Waals surface area contributed by atoms with Gasteiger partial charge in [-0.05, 0) is 18.2 Å². The summed E-state index contributed by atoms with van der Waals surface area (Å²) in [4.78, 5) is 2.75. The number of pyridine rings is 1. The van der Waals surface area contributed by atoms with E-state index in [1.807, 2.05) is 0 Å². The van der Waals surface area contributed by atoms with E-state index < -0.39 is 29.8 Å². The lowest BCUT2D eigenvalue weighted by molar-refractivity contribution is -0.0828. The average Bonchev–Trinajstić information content (AvgIpc) is 2.55. The van der Waals surface area contributed by atoms with Crippen molar-refractivity contribution in [1.82, 2.24) is 4.98 Å². The van der Waals surface area contributed by atoms with Gasteiger partial charge in [-0.25, -0.2) is 0 Å². The van der Waals surface area contributed by atoms with Crippen molar-refractivity contribution in [2.24, 2.45) is 0 Å². The van der Waals surface area contributed by atoms with E-state index in [9.17, 15) is 21.6 Å². The summed E-state index contributed by atoms with van der Waals surface area (Å²) in [6.45, 7) is 0. The topological polar surface area (TPSA) is 47.0 Å². The third-order valence-electron chi connectivity index (χ3n) is 1.88. The molecule has 0 saturated carbocycles. The standard InChI is InChI=1S/C8H4F3NO2S2/c9-8(10,11)7-4-5-6(2-1-3-12-5)15(7)16(13)14/h1-4H. The number of rotatable bonds is 0. The highest BCUT2D eigenvalue weighted by molar-refractivity contribution is 8.36. The molecule has 3 nitrogen and oxygen atoms in total. The van der Waals surface area contributed by atoms with Crippen molar-refractivity contribution in [3.8, 4) is 0 Å². The molecule has 0 radical (unpaired) electrons. The Hall–Kier alpha value is -1.15. The van der Waals surface area contributed by atoms with Crippen LogP contribution >= 0.6 is 0 Å². The second-order valence-electron chi connectivity index (χ2n) is 2.87. The molecule has 1 aliphatic heterocycles. The van der Waals surface area contributed by atoms with Crippen LogP contribution in [0.5, 0.6) is 0 Å². The number of halogens is 3. The van der Waals surface area contributed by atoms with Crippen LogP contribution < -0.4 is 0 Å². The fraction of sp³-hybridized carbons (Fsp3) is 0.125. The molecule has 86 valence electrons. The average molecular weight is 267 g/mol. The zero-order valence-electron chi connectivity index (χ0n) is 7.52. The van der Waals surface area contributed by atoms with Gasteiger partial charge in [0.25, 0.3) is 0 Å². The van der Waals surface area contributed by atoms with Gasteiger partial charge in [0, 0.05) is 20.5 Å². The van der Waals surface area contributed by atoms with Gasteiger partial charge in [0.05, 0.1) is 5.69 Å². The molecule has 2 heterocycles. The van der Waals surface area contributed by atoms with Gasteiger partial charge in [-0.3, -0.25) is 4.98 Å². The van der Waals surface area contributed by atoms with Gasteiger partial charge in [0.15, 0.2) is 0 Å². The van der Waals surface area contributed by atoms with Gasteiger partial charge in [0.2, 0.25) is 9.26 Å². The predicted octanol–water partition coefficient (Wildman–Crippen LogP) is 1.77. The van der Waals surface area contributed by atoms with E-state index in [4.69, 9.17) is 0 Å². The SMILES string of the molecule is O=S(=O)=S1C(C(F)(F)F)=Cc2ncccc21. The van der Waals surface area contributed by atoms with Crippen LogP contribution in [-0.4, -0.2) is 19.6 Å². The molecule has 0 fully saturated rings. The van der Waals surface area contributed by atoms with Crippen LogP contribution in [0.25, 0.3) is 6.08 Å². The van der Waals surface area contributed by atoms with Crippen molar-refractivity contribution in [1.29, 1.82) is 0 Å². The van der Waals surface area contributed by atoms with E-state index in [1.54, 1.807) is 0 Å². The second kappa shape index (κ2) is 3.70. The summed E-state index contributed by atoms with van der Waals surface area (Å²) in [5, 5.41) is 0. The Bertz CT molecular complexity index is 608. The van der Waals surface area contributed by atoms with Crippen LogP contribution in [-0.2, 0) is 18.7 Å². The van der Waals surface area contributed by atoms with Gasteiger partial charge < -0.3 is 0 Å². The van der Waals surface area contributed by atoms with Crippen LogP contribution in [0.2, 0.25) is 0 Å². The monoisotopic (exact) mass is 267 g/mol. The van der Waals surface area contributed by atoms with Crippen LogP contribution in [0.4, 0.5) is 13.2 Å². The highest BCUT2D eigenvalue weighted by Gasteiger charge is 2.41. The summed E-state index contributed by atoms with van der Waals surface area (Å²) in [6.07, 6.45) is -2.54. The molecule has 1 aromatic rings. The number of hydrogen-bond acceptors (Lipinski definition) is 3. The maximum Gasteiger partial charge on any atom is 0.423 e. The number of nitrogens with zero attached hydrogens (tertiary/aromatic N) is 1. The summed E-state index contributed by atoms with van der Waals surface area (Å²) in [5.41, 5.74) is 0.0716. The summed E-state index contributed by atoms with van der Waals surface area (Å²) in [6, 6.07) is 2.76. The van der Waals surface area contributed by atoms with Gasteiger partial charge >= 0.3 is 6.18 Å². The third-order valence-corrected chi connectivity index (χ3v) is 5.54. The lowest BCUT2D eigenvalue weighted by Crippen LogP contribution is -2.13. The van der Waals surface area contributed by atoms with Crippen molar-refractivity contribution in [2.45, 2.75) is 11.1 Å². The molecule has 2 rings (SSSR count). The lowest BCUT2D eigenvalue weighted by Gasteiger charge is -2.07. The predicted molar refractivity (Wildman–Crippen MR) is 52.8 cm³/mol. The van der Waals surface area contributed by atoms with E-state index in [0.717, 1.165) is 6.08 Å². The second-order valence-corrected chi connectivity index (χ2v) is 6.51. The van der Waals surface area contributed by atoms with Crippen molar-refractivity contribution in [3.05, 3.63) is 28.9 Å². The fourth-order valence-corrected chi connectivity index (χ4v) is 4.49. The normalized spacial score (nSPS) is 19.2. The van der Waals surface area contributed by atoms with Crippen LogP contribution in [0.15, 0.2) is 28.1 Å². The van der Waals surface area contributed by atoms with Gasteiger partial charge in [-0.15, -0.1) is 0 Å². The Balaban J connectivity index is 2.76. The maximum absolute atomic E-state index is 12.6. The Morgan fingerprint density at radius 1 is 1.31 bits per heavy atom. The van der Waals surface area contributed by atoms with E-state index in [2.05, 4.69) is 4.98 Å². The molecule has 0 N–H and O–H groups in total. The van der Waals surface area contributed by atoms with Crippen molar-refractivity contribution >= 4 is 24.8 Å². The van der Waals surface area contributed by atoms with Crippen LogP contribution in [0, 0.1) is 0 Å². The summed E-state index contributed by atoms with van der Waals surface area (Å²) in [5.74, 6) is 0. The Labute approximate surface area is 91.8 Å². The molecule has 1 unspecified atom stereocenters. The van der Waals surface area contributed by atoms with Crippen molar-refractivity contribution in [3.63, 3.8) is 0 Å². The first-order valence-electron chi connectivity index (χ1n) is 3.99. The summed E-state index contributed by atoms with van der Waals surface area (Å²) < 4.78 is 59.5. The molecule has 0 bridgehead atoms. The molecular weight excluding hydrogens is 263 g/mol. The van der Waals surface area contributed by atoms with E-state index in [1.165, 1.54) is 18.3 Å². The number of aromatic nitrogens is 1. The largest absolute Gasteiger partial charge is 0.423 e. The Morgan fingerprint density at radius 3 is 2.56 bits per heavy atom. The number of hydrogen-bond donors (Lipinski definition) is 0. The minimum absolute atomic E-state index is 0.0716. The number of alkyl halides is 3. The van der Waals surface area contributed by atoms with Gasteiger partial charge in [0.1, 0.15) is 4.91 Å². The fourth-order valence-electron chi connectivity index (χ4n) is 1.30. The smallest absolute Gasteiger partial charge is 0.256 e. The molecule has 0 spiro atoms. The van der Waals surface area contributed by atoms with Crippen molar-refractivity contribution in [2.75, 3.05) is 0 Å². The summed E-state index contributed by atoms with van der Waals surface area (Å²) >= 11 is 0. The highest BCUT2D eigenvalue weighted by Crippen LogP contribution is 2.39. The molecule has 1 atom stereocenters. The van der Waals surface area contributed by atoms with E-state index >= 15 is 0 Å². The molecular formula is C8H4F3NO2S2. The Morgan fingerprint density at radius 2 is 2.00 bits per heavy atom. The Kier molecular flexibility index (Phi) is 2.62. The van der Waals surface area contributed by atoms with Gasteiger partial charge in [-0.1, -0.05) is 0 Å². The molecule has 8 heteroatoms. The molecule has 16 heavy (non-hydrogen) atoms. The first kappa shape index (κ1) is 11.3. The first-order valence-corrected chi connectivity index (χ1v) is 6.81. The van der Waals surface area contributed by atoms with Crippen LogP contribution in [0.1, 0.15) is 5.69 Å². The summed E-state index contributed by atoms with van der Waals surface area (Å²) in [7, 11) is -4.80. The van der Waals surface area contributed by atoms with E-state index in [0.29, 0.717) is 0 Å². The highest BCUT2D eigenvalue weighted by atomic mass is 32.9. The minimum atomic E-state index is -4.65. The molecule has 0 saturated heterocycles. The quantitative estimate of drug-likeness (QED) is 0.719. The zero-order chi connectivity index (χ0) is 11.9. The number of allylic oxidation sites excluding steroid dienone is 1. The van der Waals surface area contributed by atoms with Crippen LogP contribution in [0.3, 0.4) is 0 Å². The third kappa shape index (κ3) is 1.78. The van der Waals surface area contributed by atoms with Gasteiger partial charge in [-0.2, -0.15) is 21.6 Å². The van der Waals surface area contributed by atoms with E-state index in [-0.39, 0.29) is 10.6 Å². The maximum atomic E-state index is 12.6. The first-order chi connectivity index (χ1) is 7.41. The van der Waals surface area contributed by atoms with Crippen molar-refractivity contribution < 1.29 is 21.6 Å². The number of fused-ring (bicyclic) bond motifs is 1. The minimum Gasteiger partial charge on any atom is -0.256 e. The lowest BCUT2D eigenvalue weighted by atomic mass is 10.3. The molecule has 0 aliphatic carbocycles. The molecule has 0 aromatic carbocycles. The molecule has 1 aromatic heterocycles. The molecule has 0 amide bonds.